The van der Waals surface area contributed by atoms with Gasteiger partial charge in [0.05, 0.1) is 11.2 Å². The third-order valence-electron chi connectivity index (χ3n) is 3.12. The molecule has 0 amide bonds. The summed E-state index contributed by atoms with van der Waals surface area (Å²) >= 11 is 11.4. The first-order valence-corrected chi connectivity index (χ1v) is 6.67. The SMILES string of the molecule is Cn1c(=S)nc(-c2ccccc2)c2cc(Cl)ccc21. The van der Waals surface area contributed by atoms with E-state index in [-0.39, 0.29) is 0 Å². The molecule has 3 aromatic rings. The summed E-state index contributed by atoms with van der Waals surface area (Å²) in [5.41, 5.74) is 2.95. The number of halogens is 1. The Kier molecular flexibility index (Phi) is 3.09. The first kappa shape index (κ1) is 12.3. The maximum absolute atomic E-state index is 6.11. The van der Waals surface area contributed by atoms with Gasteiger partial charge in [-0.15, -0.1) is 0 Å². The van der Waals surface area contributed by atoms with Gasteiger partial charge in [-0.1, -0.05) is 41.9 Å². The van der Waals surface area contributed by atoms with E-state index in [2.05, 4.69) is 4.98 Å². The predicted octanol–water partition coefficient (Wildman–Crippen LogP) is 4.62. The van der Waals surface area contributed by atoms with Crippen molar-refractivity contribution in [1.82, 2.24) is 9.55 Å². The van der Waals surface area contributed by atoms with Crippen LogP contribution in [0.15, 0.2) is 48.5 Å². The summed E-state index contributed by atoms with van der Waals surface area (Å²) < 4.78 is 2.46. The van der Waals surface area contributed by atoms with Crippen LogP contribution in [-0.2, 0) is 7.05 Å². The Bertz CT molecular complexity index is 809. The van der Waals surface area contributed by atoms with Crippen molar-refractivity contribution < 1.29 is 0 Å². The number of hydrogen-bond acceptors (Lipinski definition) is 2. The molecule has 0 aliphatic heterocycles. The molecule has 0 radical (unpaired) electrons. The van der Waals surface area contributed by atoms with E-state index in [0.29, 0.717) is 9.79 Å². The number of aromatic nitrogens is 2. The summed E-state index contributed by atoms with van der Waals surface area (Å²) in [4.78, 5) is 4.53. The number of fused-ring (bicyclic) bond motifs is 1. The fourth-order valence-corrected chi connectivity index (χ4v) is 2.50. The largest absolute Gasteiger partial charge is 0.320 e. The Morgan fingerprint density at radius 2 is 1.84 bits per heavy atom. The van der Waals surface area contributed by atoms with E-state index in [1.165, 1.54) is 0 Å². The average molecular weight is 287 g/mol. The van der Waals surface area contributed by atoms with E-state index in [0.717, 1.165) is 22.2 Å². The molecule has 0 aliphatic rings. The van der Waals surface area contributed by atoms with E-state index in [1.807, 2.05) is 60.1 Å². The lowest BCUT2D eigenvalue weighted by atomic mass is 10.1. The summed E-state index contributed by atoms with van der Waals surface area (Å²) in [6.07, 6.45) is 0. The Morgan fingerprint density at radius 1 is 1.11 bits per heavy atom. The molecule has 1 heterocycles. The van der Waals surface area contributed by atoms with Crippen molar-refractivity contribution in [3.8, 4) is 11.3 Å². The first-order chi connectivity index (χ1) is 9.16. The van der Waals surface area contributed by atoms with Crippen LogP contribution in [0.4, 0.5) is 0 Å². The van der Waals surface area contributed by atoms with Gasteiger partial charge in [0.2, 0.25) is 0 Å². The highest BCUT2D eigenvalue weighted by Gasteiger charge is 2.09. The standard InChI is InChI=1S/C15H11ClN2S/c1-18-13-8-7-11(16)9-12(13)14(17-15(18)19)10-5-3-2-4-6-10/h2-9H,1H3. The number of benzene rings is 2. The topological polar surface area (TPSA) is 17.8 Å². The molecule has 0 bridgehead atoms. The maximum Gasteiger partial charge on any atom is 0.200 e. The summed E-state index contributed by atoms with van der Waals surface area (Å²) in [6, 6.07) is 15.8. The van der Waals surface area contributed by atoms with Gasteiger partial charge in [-0.3, -0.25) is 0 Å². The highest BCUT2D eigenvalue weighted by Crippen LogP contribution is 2.28. The molecule has 0 atom stereocenters. The fraction of sp³-hybridized carbons (Fsp3) is 0.0667. The van der Waals surface area contributed by atoms with Gasteiger partial charge in [-0.2, -0.15) is 0 Å². The summed E-state index contributed by atoms with van der Waals surface area (Å²) in [5, 5.41) is 1.71. The summed E-state index contributed by atoms with van der Waals surface area (Å²) in [5.74, 6) is 0. The molecule has 2 nitrogen and oxygen atoms in total. The zero-order chi connectivity index (χ0) is 13.4. The molecule has 0 aliphatic carbocycles. The van der Waals surface area contributed by atoms with Crippen molar-refractivity contribution >= 4 is 34.7 Å². The van der Waals surface area contributed by atoms with Gasteiger partial charge in [0, 0.05) is 23.0 Å². The Morgan fingerprint density at radius 3 is 2.58 bits per heavy atom. The van der Waals surface area contributed by atoms with Crippen LogP contribution in [0.1, 0.15) is 0 Å². The molecule has 3 rings (SSSR count). The van der Waals surface area contributed by atoms with Gasteiger partial charge >= 0.3 is 0 Å². The quantitative estimate of drug-likeness (QED) is 0.607. The van der Waals surface area contributed by atoms with Crippen molar-refractivity contribution in [3.05, 3.63) is 58.3 Å². The van der Waals surface area contributed by atoms with Crippen molar-refractivity contribution in [1.29, 1.82) is 0 Å². The van der Waals surface area contributed by atoms with Crippen LogP contribution in [0.25, 0.3) is 22.2 Å². The van der Waals surface area contributed by atoms with E-state index in [4.69, 9.17) is 23.8 Å². The molecule has 0 fully saturated rings. The van der Waals surface area contributed by atoms with Crippen LogP contribution >= 0.6 is 23.8 Å². The van der Waals surface area contributed by atoms with Gasteiger partial charge in [0.1, 0.15) is 0 Å². The minimum Gasteiger partial charge on any atom is -0.320 e. The molecule has 0 spiro atoms. The summed E-state index contributed by atoms with van der Waals surface area (Å²) in [7, 11) is 1.92. The van der Waals surface area contributed by atoms with Crippen molar-refractivity contribution in [2.24, 2.45) is 7.05 Å². The Balaban J connectivity index is 2.45. The molecule has 4 heteroatoms. The molecule has 19 heavy (non-hydrogen) atoms. The highest BCUT2D eigenvalue weighted by molar-refractivity contribution is 7.71. The minimum absolute atomic E-state index is 0.564. The lowest BCUT2D eigenvalue weighted by Gasteiger charge is -2.10. The Labute approximate surface area is 121 Å². The fourth-order valence-electron chi connectivity index (χ4n) is 2.14. The van der Waals surface area contributed by atoms with E-state index in [9.17, 15) is 0 Å². The molecule has 94 valence electrons. The minimum atomic E-state index is 0.564. The van der Waals surface area contributed by atoms with Crippen LogP contribution in [0, 0.1) is 4.77 Å². The monoisotopic (exact) mass is 286 g/mol. The first-order valence-electron chi connectivity index (χ1n) is 5.88. The normalized spacial score (nSPS) is 10.8. The lowest BCUT2D eigenvalue weighted by molar-refractivity contribution is 0.891. The van der Waals surface area contributed by atoms with Crippen molar-refractivity contribution in [3.63, 3.8) is 0 Å². The third kappa shape index (κ3) is 2.15. The molecule has 1 aromatic heterocycles. The smallest absolute Gasteiger partial charge is 0.200 e. The van der Waals surface area contributed by atoms with Crippen molar-refractivity contribution in [2.45, 2.75) is 0 Å². The second kappa shape index (κ2) is 4.76. The van der Waals surface area contributed by atoms with Crippen LogP contribution in [0.5, 0.6) is 0 Å². The highest BCUT2D eigenvalue weighted by atomic mass is 35.5. The van der Waals surface area contributed by atoms with Crippen LogP contribution in [-0.4, -0.2) is 9.55 Å². The third-order valence-corrected chi connectivity index (χ3v) is 3.72. The number of aryl methyl sites for hydroxylation is 1. The lowest BCUT2D eigenvalue weighted by Crippen LogP contribution is -2.00. The van der Waals surface area contributed by atoms with Crippen LogP contribution in [0.3, 0.4) is 0 Å². The predicted molar refractivity (Wildman–Crippen MR) is 82.0 cm³/mol. The van der Waals surface area contributed by atoms with Gasteiger partial charge in [-0.25, -0.2) is 4.98 Å². The zero-order valence-corrected chi connectivity index (χ0v) is 11.9. The average Bonchev–Trinajstić information content (AvgIpc) is 2.43. The van der Waals surface area contributed by atoms with Gasteiger partial charge in [0.25, 0.3) is 0 Å². The van der Waals surface area contributed by atoms with E-state index < -0.39 is 0 Å². The molecular formula is C15H11ClN2S. The molecule has 0 saturated carbocycles. The van der Waals surface area contributed by atoms with E-state index >= 15 is 0 Å². The van der Waals surface area contributed by atoms with E-state index in [1.54, 1.807) is 0 Å². The number of hydrogen-bond donors (Lipinski definition) is 0. The Hall–Kier alpha value is -1.71. The van der Waals surface area contributed by atoms with Crippen LogP contribution < -0.4 is 0 Å². The second-order valence-electron chi connectivity index (χ2n) is 4.33. The molecule has 0 N–H and O–H groups in total. The van der Waals surface area contributed by atoms with Gasteiger partial charge in [0.15, 0.2) is 4.77 Å². The molecular weight excluding hydrogens is 276 g/mol. The molecule has 0 saturated heterocycles. The number of nitrogens with zero attached hydrogens (tertiary/aromatic N) is 2. The van der Waals surface area contributed by atoms with Crippen molar-refractivity contribution in [2.75, 3.05) is 0 Å². The maximum atomic E-state index is 6.11. The summed E-state index contributed by atoms with van der Waals surface area (Å²) in [6.45, 7) is 0. The number of rotatable bonds is 1. The zero-order valence-electron chi connectivity index (χ0n) is 10.3. The molecule has 0 unspecified atom stereocenters. The van der Waals surface area contributed by atoms with Crippen LogP contribution in [0.2, 0.25) is 5.02 Å². The molecule has 2 aromatic carbocycles. The van der Waals surface area contributed by atoms with Gasteiger partial charge < -0.3 is 4.57 Å². The van der Waals surface area contributed by atoms with Gasteiger partial charge in [-0.05, 0) is 30.4 Å². The second-order valence-corrected chi connectivity index (χ2v) is 5.13.